The second-order valence-corrected chi connectivity index (χ2v) is 6.22. The molecule has 1 amide bonds. The zero-order valence-corrected chi connectivity index (χ0v) is 16.1. The quantitative estimate of drug-likeness (QED) is 0.300. The van der Waals surface area contributed by atoms with Crippen molar-refractivity contribution in [1.29, 1.82) is 0 Å². The highest BCUT2D eigenvalue weighted by molar-refractivity contribution is 5.96. The Labute approximate surface area is 168 Å². The number of benzene rings is 3. The average Bonchev–Trinajstić information content (AvgIpc) is 2.75. The zero-order valence-electron chi connectivity index (χ0n) is 16.1. The van der Waals surface area contributed by atoms with E-state index in [1.54, 1.807) is 67.8 Å². The smallest absolute Gasteiger partial charge is 0.343 e. The predicted molar refractivity (Wildman–Crippen MR) is 111 cm³/mol. The van der Waals surface area contributed by atoms with Gasteiger partial charge in [0.25, 0.3) is 5.91 Å². The molecule has 3 aromatic rings. The Hall–Kier alpha value is -3.93. The second kappa shape index (κ2) is 9.32. The Kier molecular flexibility index (Phi) is 6.37. The van der Waals surface area contributed by atoms with Gasteiger partial charge in [0.1, 0.15) is 11.5 Å². The summed E-state index contributed by atoms with van der Waals surface area (Å²) in [6, 6.07) is 20.7. The zero-order chi connectivity index (χ0) is 20.6. The summed E-state index contributed by atoms with van der Waals surface area (Å²) >= 11 is 0. The molecule has 146 valence electrons. The molecule has 6 nitrogen and oxygen atoms in total. The first-order valence-electron chi connectivity index (χ1n) is 8.92. The van der Waals surface area contributed by atoms with Gasteiger partial charge in [-0.25, -0.2) is 10.2 Å². The summed E-state index contributed by atoms with van der Waals surface area (Å²) in [6.45, 7) is 1.95. The Balaban J connectivity index is 1.67. The molecule has 0 heterocycles. The first-order chi connectivity index (χ1) is 14.1. The van der Waals surface area contributed by atoms with E-state index in [4.69, 9.17) is 9.47 Å². The monoisotopic (exact) mass is 388 g/mol. The molecule has 0 radical (unpaired) electrons. The summed E-state index contributed by atoms with van der Waals surface area (Å²) in [6.07, 6.45) is 1.43. The van der Waals surface area contributed by atoms with Crippen molar-refractivity contribution in [3.8, 4) is 11.5 Å². The van der Waals surface area contributed by atoms with E-state index >= 15 is 0 Å². The van der Waals surface area contributed by atoms with Crippen molar-refractivity contribution < 1.29 is 19.1 Å². The molecule has 29 heavy (non-hydrogen) atoms. The lowest BCUT2D eigenvalue weighted by Gasteiger charge is -2.07. The molecule has 0 aliphatic heterocycles. The molecule has 3 aromatic carbocycles. The largest absolute Gasteiger partial charge is 0.497 e. The van der Waals surface area contributed by atoms with Crippen LogP contribution in [0.3, 0.4) is 0 Å². The third kappa shape index (κ3) is 5.29. The molecule has 0 fully saturated rings. The fraction of sp³-hybridized carbons (Fsp3) is 0.0870. The van der Waals surface area contributed by atoms with Crippen LogP contribution in [0.25, 0.3) is 0 Å². The number of aryl methyl sites for hydroxylation is 1. The van der Waals surface area contributed by atoms with Gasteiger partial charge < -0.3 is 9.47 Å². The first kappa shape index (κ1) is 19.8. The number of nitrogens with zero attached hydrogens (tertiary/aromatic N) is 1. The maximum atomic E-state index is 12.4. The van der Waals surface area contributed by atoms with Crippen molar-refractivity contribution >= 4 is 18.1 Å². The topological polar surface area (TPSA) is 77.0 Å². The van der Waals surface area contributed by atoms with Crippen LogP contribution in [0.4, 0.5) is 0 Å². The number of rotatable bonds is 6. The van der Waals surface area contributed by atoms with Crippen LogP contribution in [0.2, 0.25) is 0 Å². The number of esters is 1. The van der Waals surface area contributed by atoms with Crippen LogP contribution >= 0.6 is 0 Å². The van der Waals surface area contributed by atoms with Gasteiger partial charge in [0.15, 0.2) is 0 Å². The van der Waals surface area contributed by atoms with Gasteiger partial charge in [-0.2, -0.15) is 5.10 Å². The number of carbonyl (C=O) groups is 2. The molecule has 0 aliphatic rings. The Morgan fingerprint density at radius 3 is 2.24 bits per heavy atom. The van der Waals surface area contributed by atoms with E-state index in [9.17, 15) is 9.59 Å². The summed E-state index contributed by atoms with van der Waals surface area (Å²) in [7, 11) is 1.56. The summed E-state index contributed by atoms with van der Waals surface area (Å²) in [4.78, 5) is 24.5. The maximum absolute atomic E-state index is 12.4. The van der Waals surface area contributed by atoms with Crippen molar-refractivity contribution in [2.24, 2.45) is 5.10 Å². The van der Waals surface area contributed by atoms with E-state index in [-0.39, 0.29) is 5.91 Å². The van der Waals surface area contributed by atoms with Gasteiger partial charge in [0.2, 0.25) is 0 Å². The fourth-order valence-corrected chi connectivity index (χ4v) is 2.50. The van der Waals surface area contributed by atoms with Crippen LogP contribution in [0, 0.1) is 6.92 Å². The minimum absolute atomic E-state index is 0.348. The number of methoxy groups -OCH3 is 1. The van der Waals surface area contributed by atoms with E-state index in [0.29, 0.717) is 28.2 Å². The molecule has 0 aromatic heterocycles. The summed E-state index contributed by atoms with van der Waals surface area (Å²) in [5.41, 5.74) is 4.97. The normalized spacial score (nSPS) is 10.6. The predicted octanol–water partition coefficient (Wildman–Crippen LogP) is 3.99. The van der Waals surface area contributed by atoms with Crippen LogP contribution in [0.15, 0.2) is 77.9 Å². The van der Waals surface area contributed by atoms with Crippen molar-refractivity contribution in [3.05, 3.63) is 95.1 Å². The van der Waals surface area contributed by atoms with Gasteiger partial charge in [0, 0.05) is 11.1 Å². The van der Waals surface area contributed by atoms with E-state index in [1.165, 1.54) is 6.21 Å². The maximum Gasteiger partial charge on any atom is 0.343 e. The van der Waals surface area contributed by atoms with Crippen molar-refractivity contribution in [3.63, 3.8) is 0 Å². The van der Waals surface area contributed by atoms with E-state index in [1.807, 2.05) is 19.1 Å². The molecular weight excluding hydrogens is 368 g/mol. The van der Waals surface area contributed by atoms with Gasteiger partial charge in [0.05, 0.1) is 18.9 Å². The minimum Gasteiger partial charge on any atom is -0.497 e. The SMILES string of the molecule is COc1ccc(C(=O)N/N=C\c2ccccc2OC(=O)c2ccc(C)cc2)cc1. The lowest BCUT2D eigenvalue weighted by molar-refractivity contribution is 0.0734. The number of hydrogen-bond acceptors (Lipinski definition) is 5. The number of hydrogen-bond donors (Lipinski definition) is 1. The second-order valence-electron chi connectivity index (χ2n) is 6.22. The molecule has 1 N–H and O–H groups in total. The van der Waals surface area contributed by atoms with Gasteiger partial charge in [-0.15, -0.1) is 0 Å². The fourth-order valence-electron chi connectivity index (χ4n) is 2.50. The Morgan fingerprint density at radius 2 is 1.55 bits per heavy atom. The van der Waals surface area contributed by atoms with Crippen molar-refractivity contribution in [2.45, 2.75) is 6.92 Å². The van der Waals surface area contributed by atoms with Crippen LogP contribution in [-0.4, -0.2) is 25.2 Å². The van der Waals surface area contributed by atoms with Crippen LogP contribution in [0.1, 0.15) is 31.8 Å². The first-order valence-corrected chi connectivity index (χ1v) is 8.92. The third-order valence-electron chi connectivity index (χ3n) is 4.13. The van der Waals surface area contributed by atoms with Gasteiger partial charge in [-0.3, -0.25) is 4.79 Å². The van der Waals surface area contributed by atoms with E-state index < -0.39 is 5.97 Å². The standard InChI is InChI=1S/C23H20N2O4/c1-16-7-9-18(10-8-16)23(27)29-21-6-4-3-5-19(21)15-24-25-22(26)17-11-13-20(28-2)14-12-17/h3-15H,1-2H3,(H,25,26)/b24-15-. The molecular formula is C23H20N2O4. The van der Waals surface area contributed by atoms with E-state index in [0.717, 1.165) is 5.56 Å². The molecule has 0 bridgehead atoms. The number of hydrazone groups is 1. The lowest BCUT2D eigenvalue weighted by atomic mass is 10.1. The highest BCUT2D eigenvalue weighted by Crippen LogP contribution is 2.18. The highest BCUT2D eigenvalue weighted by atomic mass is 16.5. The summed E-state index contributed by atoms with van der Waals surface area (Å²) < 4.78 is 10.6. The number of nitrogens with one attached hydrogen (secondary N) is 1. The van der Waals surface area contributed by atoms with Crippen molar-refractivity contribution in [2.75, 3.05) is 7.11 Å². The van der Waals surface area contributed by atoms with Gasteiger partial charge in [-0.1, -0.05) is 29.8 Å². The molecule has 0 saturated carbocycles. The lowest BCUT2D eigenvalue weighted by Crippen LogP contribution is -2.17. The Bertz CT molecular complexity index is 1030. The van der Waals surface area contributed by atoms with Gasteiger partial charge >= 0.3 is 5.97 Å². The molecule has 3 rings (SSSR count). The van der Waals surface area contributed by atoms with Gasteiger partial charge in [-0.05, 0) is 55.5 Å². The number of ether oxygens (including phenoxy) is 2. The molecule has 6 heteroatoms. The molecule has 0 saturated heterocycles. The van der Waals surface area contributed by atoms with Crippen molar-refractivity contribution in [1.82, 2.24) is 5.43 Å². The number of para-hydroxylation sites is 1. The Morgan fingerprint density at radius 1 is 0.897 bits per heavy atom. The molecule has 0 spiro atoms. The van der Waals surface area contributed by atoms with Crippen LogP contribution in [-0.2, 0) is 0 Å². The molecule has 0 aliphatic carbocycles. The van der Waals surface area contributed by atoms with Crippen LogP contribution < -0.4 is 14.9 Å². The number of carbonyl (C=O) groups excluding carboxylic acids is 2. The van der Waals surface area contributed by atoms with Crippen LogP contribution in [0.5, 0.6) is 11.5 Å². The molecule has 0 unspecified atom stereocenters. The minimum atomic E-state index is -0.465. The van der Waals surface area contributed by atoms with E-state index in [2.05, 4.69) is 10.5 Å². The third-order valence-corrected chi connectivity index (χ3v) is 4.13. The summed E-state index contributed by atoms with van der Waals surface area (Å²) in [5, 5.41) is 3.97. The summed E-state index contributed by atoms with van der Waals surface area (Å²) in [5.74, 6) is 0.182. The number of amides is 1. The molecule has 0 atom stereocenters. The average molecular weight is 388 g/mol. The highest BCUT2D eigenvalue weighted by Gasteiger charge is 2.11.